The maximum absolute atomic E-state index is 12.4. The molecule has 1 unspecified atom stereocenters. The van der Waals surface area contributed by atoms with Gasteiger partial charge >= 0.3 is 6.09 Å². The molecule has 150 valence electrons. The summed E-state index contributed by atoms with van der Waals surface area (Å²) in [6.07, 6.45) is 1.84. The van der Waals surface area contributed by atoms with Crippen LogP contribution in [0.25, 0.3) is 0 Å². The molecule has 2 aliphatic rings. The van der Waals surface area contributed by atoms with Crippen molar-refractivity contribution in [2.45, 2.75) is 48.8 Å². The van der Waals surface area contributed by atoms with Crippen molar-refractivity contribution in [3.05, 3.63) is 34.1 Å². The van der Waals surface area contributed by atoms with E-state index in [0.29, 0.717) is 18.6 Å². The number of hydrogen-bond acceptors (Lipinski definition) is 6. The zero-order valence-electron chi connectivity index (χ0n) is 14.6. The summed E-state index contributed by atoms with van der Waals surface area (Å²) in [7, 11) is -3.80. The first-order valence-electron chi connectivity index (χ1n) is 8.72. The van der Waals surface area contributed by atoms with E-state index in [1.54, 1.807) is 5.38 Å². The monoisotopic (exact) mass is 443 g/mol. The number of nitrogens with zero attached hydrogens (tertiary/aromatic N) is 2. The number of piperidine rings is 1. The number of amides is 1. The molecule has 2 fully saturated rings. The summed E-state index contributed by atoms with van der Waals surface area (Å²) in [6, 6.07) is 4.22. The Morgan fingerprint density at radius 2 is 2.04 bits per heavy atom. The molecule has 28 heavy (non-hydrogen) atoms. The Balaban J connectivity index is 1.46. The normalized spacial score (nSPS) is 24.2. The molecule has 3 heterocycles. The first-order chi connectivity index (χ1) is 13.3. The van der Waals surface area contributed by atoms with E-state index in [1.807, 2.05) is 0 Å². The van der Waals surface area contributed by atoms with Crippen LogP contribution in [0.5, 0.6) is 5.75 Å². The van der Waals surface area contributed by atoms with Crippen LogP contribution >= 0.6 is 22.9 Å². The number of carbonyl (C=O) groups is 1. The number of thiazole rings is 1. The molecule has 1 aromatic heterocycles. The minimum absolute atomic E-state index is 0.0126. The van der Waals surface area contributed by atoms with Crippen molar-refractivity contribution in [2.75, 3.05) is 4.72 Å². The number of nitrogens with one attached hydrogen (secondary N) is 1. The predicted octanol–water partition coefficient (Wildman–Crippen LogP) is 3.65. The molecule has 0 spiro atoms. The summed E-state index contributed by atoms with van der Waals surface area (Å²) < 4.78 is 33.3. The van der Waals surface area contributed by atoms with Crippen LogP contribution in [0.2, 0.25) is 5.02 Å². The van der Waals surface area contributed by atoms with Gasteiger partial charge in [-0.15, -0.1) is 11.3 Å². The average Bonchev–Trinajstić information content (AvgIpc) is 3.22. The van der Waals surface area contributed by atoms with Crippen LogP contribution in [-0.2, 0) is 10.0 Å². The molecular formula is C17H18ClN3O5S2. The molecule has 2 aliphatic heterocycles. The summed E-state index contributed by atoms with van der Waals surface area (Å²) in [6.45, 7) is 0. The molecule has 2 saturated heterocycles. The van der Waals surface area contributed by atoms with Gasteiger partial charge in [-0.2, -0.15) is 0 Å². The third-order valence-corrected chi connectivity index (χ3v) is 7.32. The van der Waals surface area contributed by atoms with Gasteiger partial charge in [-0.3, -0.25) is 4.72 Å². The molecule has 2 N–H and O–H groups in total. The molecule has 4 rings (SSSR count). The third kappa shape index (κ3) is 3.76. The fraction of sp³-hybridized carbons (Fsp3) is 0.412. The lowest BCUT2D eigenvalue weighted by Crippen LogP contribution is -2.48. The average molecular weight is 444 g/mol. The molecule has 1 amide bonds. The SMILES string of the molecule is O=C(O)N1[C@@H]2CC[C@H]1CC(Oc1ccc(S(=O)(=O)Nc3cscn3)cc1Cl)C2. The summed E-state index contributed by atoms with van der Waals surface area (Å²) in [4.78, 5) is 16.8. The van der Waals surface area contributed by atoms with Crippen molar-refractivity contribution < 1.29 is 23.1 Å². The van der Waals surface area contributed by atoms with Gasteiger partial charge in [-0.25, -0.2) is 18.2 Å². The number of fused-ring (bicyclic) bond motifs is 2. The maximum Gasteiger partial charge on any atom is 0.407 e. The number of aromatic nitrogens is 1. The Hall–Kier alpha value is -2.04. The molecule has 0 aliphatic carbocycles. The lowest BCUT2D eigenvalue weighted by molar-refractivity contribution is 0.0496. The van der Waals surface area contributed by atoms with Crippen LogP contribution in [-0.4, -0.2) is 47.7 Å². The van der Waals surface area contributed by atoms with Gasteiger partial charge in [0, 0.05) is 30.3 Å². The number of benzene rings is 1. The van der Waals surface area contributed by atoms with Gasteiger partial charge in [0.2, 0.25) is 0 Å². The van der Waals surface area contributed by atoms with E-state index >= 15 is 0 Å². The first-order valence-corrected chi connectivity index (χ1v) is 11.5. The smallest absolute Gasteiger partial charge is 0.407 e. The summed E-state index contributed by atoms with van der Waals surface area (Å²) in [5, 5.41) is 11.1. The van der Waals surface area contributed by atoms with Gasteiger partial charge in [0.05, 0.1) is 15.4 Å². The highest BCUT2D eigenvalue weighted by molar-refractivity contribution is 7.92. The second-order valence-electron chi connectivity index (χ2n) is 6.86. The molecule has 3 atom stereocenters. The fourth-order valence-corrected chi connectivity index (χ4v) is 5.79. The van der Waals surface area contributed by atoms with Crippen LogP contribution in [0, 0.1) is 0 Å². The van der Waals surface area contributed by atoms with E-state index in [0.717, 1.165) is 12.8 Å². The van der Waals surface area contributed by atoms with Gasteiger partial charge < -0.3 is 14.7 Å². The van der Waals surface area contributed by atoms with Crippen LogP contribution < -0.4 is 9.46 Å². The van der Waals surface area contributed by atoms with E-state index in [4.69, 9.17) is 16.3 Å². The number of hydrogen-bond donors (Lipinski definition) is 2. The Labute approximate surface area is 171 Å². The highest BCUT2D eigenvalue weighted by Gasteiger charge is 2.44. The maximum atomic E-state index is 12.4. The largest absolute Gasteiger partial charge is 0.489 e. The number of carboxylic acid groups (broad SMARTS) is 1. The van der Waals surface area contributed by atoms with Gasteiger partial charge in [0.25, 0.3) is 10.0 Å². The molecule has 11 heteroatoms. The molecular weight excluding hydrogens is 426 g/mol. The molecule has 0 radical (unpaired) electrons. The molecule has 0 saturated carbocycles. The van der Waals surface area contributed by atoms with E-state index in [-0.39, 0.29) is 33.9 Å². The number of anilines is 1. The summed E-state index contributed by atoms with van der Waals surface area (Å²) >= 11 is 7.55. The van der Waals surface area contributed by atoms with E-state index in [1.165, 1.54) is 39.9 Å². The van der Waals surface area contributed by atoms with Crippen molar-refractivity contribution in [1.29, 1.82) is 0 Å². The number of halogens is 1. The molecule has 2 bridgehead atoms. The minimum atomic E-state index is -3.80. The Kier molecular flexibility index (Phi) is 5.11. The van der Waals surface area contributed by atoms with Crippen LogP contribution in [0.4, 0.5) is 10.6 Å². The fourth-order valence-electron chi connectivity index (χ4n) is 3.92. The van der Waals surface area contributed by atoms with Crippen LogP contribution in [0.15, 0.2) is 34.0 Å². The van der Waals surface area contributed by atoms with Gasteiger partial charge in [-0.05, 0) is 31.0 Å². The summed E-state index contributed by atoms with van der Waals surface area (Å²) in [5.74, 6) is 0.643. The van der Waals surface area contributed by atoms with Crippen molar-refractivity contribution >= 4 is 44.9 Å². The lowest BCUT2D eigenvalue weighted by Gasteiger charge is -2.37. The Morgan fingerprint density at radius 3 is 2.61 bits per heavy atom. The summed E-state index contributed by atoms with van der Waals surface area (Å²) in [5.41, 5.74) is 1.53. The van der Waals surface area contributed by atoms with Crippen LogP contribution in [0.3, 0.4) is 0 Å². The van der Waals surface area contributed by atoms with Crippen molar-refractivity contribution in [3.63, 3.8) is 0 Å². The molecule has 1 aromatic carbocycles. The standard InChI is InChI=1S/C17H18ClN3O5S2/c18-14-7-13(28(24,25)20-16-8-27-9-19-16)3-4-15(14)26-12-5-10-1-2-11(6-12)21(10)17(22)23/h3-4,7-12,20H,1-2,5-6H2,(H,22,23)/t10-,11+,12?. The quantitative estimate of drug-likeness (QED) is 0.730. The van der Waals surface area contributed by atoms with Crippen molar-refractivity contribution in [1.82, 2.24) is 9.88 Å². The second kappa shape index (κ2) is 7.41. The van der Waals surface area contributed by atoms with Crippen LogP contribution in [0.1, 0.15) is 25.7 Å². The highest BCUT2D eigenvalue weighted by Crippen LogP contribution is 2.38. The van der Waals surface area contributed by atoms with E-state index in [2.05, 4.69) is 9.71 Å². The van der Waals surface area contributed by atoms with Gasteiger partial charge in [0.1, 0.15) is 11.9 Å². The second-order valence-corrected chi connectivity index (χ2v) is 9.67. The molecule has 8 nitrogen and oxygen atoms in total. The van der Waals surface area contributed by atoms with Gasteiger partial charge in [0.15, 0.2) is 5.82 Å². The molecule has 2 aromatic rings. The number of rotatable bonds is 5. The number of sulfonamides is 1. The lowest BCUT2D eigenvalue weighted by atomic mass is 10.0. The highest BCUT2D eigenvalue weighted by atomic mass is 35.5. The van der Waals surface area contributed by atoms with Crippen molar-refractivity contribution in [2.24, 2.45) is 0 Å². The van der Waals surface area contributed by atoms with E-state index < -0.39 is 16.1 Å². The Bertz CT molecular complexity index is 969. The van der Waals surface area contributed by atoms with E-state index in [9.17, 15) is 18.3 Å². The Morgan fingerprint density at radius 1 is 1.32 bits per heavy atom. The number of ether oxygens (including phenoxy) is 1. The predicted molar refractivity (Wildman–Crippen MR) is 105 cm³/mol. The third-order valence-electron chi connectivity index (χ3n) is 5.09. The minimum Gasteiger partial charge on any atom is -0.489 e. The first kappa shape index (κ1) is 19.3. The van der Waals surface area contributed by atoms with Crippen molar-refractivity contribution in [3.8, 4) is 5.75 Å². The van der Waals surface area contributed by atoms with Gasteiger partial charge in [-0.1, -0.05) is 11.6 Å². The zero-order valence-corrected chi connectivity index (χ0v) is 17.0. The zero-order chi connectivity index (χ0) is 19.9. The topological polar surface area (TPSA) is 109 Å².